The van der Waals surface area contributed by atoms with Gasteiger partial charge < -0.3 is 4.42 Å². The maximum absolute atomic E-state index is 6.30. The number of aromatic nitrogens is 3. The van der Waals surface area contributed by atoms with E-state index < -0.39 is 0 Å². The molecule has 0 saturated carbocycles. The molecule has 0 unspecified atom stereocenters. The average molecular weight is 676 g/mol. The van der Waals surface area contributed by atoms with Crippen molar-refractivity contribution >= 4 is 32.7 Å². The quantitative estimate of drug-likeness (QED) is 0.182. The second-order valence-corrected chi connectivity index (χ2v) is 13.5. The second kappa shape index (κ2) is 11.7. The monoisotopic (exact) mass is 675 g/mol. The summed E-state index contributed by atoms with van der Waals surface area (Å²) >= 11 is 0. The number of nitrogens with zero attached hydrogens (tertiary/aromatic N) is 3. The molecule has 0 atom stereocenters. The normalized spacial score (nSPS) is 11.8. The molecule has 53 heavy (non-hydrogen) atoms. The molecule has 0 spiro atoms. The van der Waals surface area contributed by atoms with Crippen molar-refractivity contribution in [1.29, 1.82) is 0 Å². The van der Waals surface area contributed by atoms with Gasteiger partial charge >= 0.3 is 0 Å². The van der Waals surface area contributed by atoms with Crippen LogP contribution in [0.5, 0.6) is 0 Å². The van der Waals surface area contributed by atoms with E-state index in [1.807, 2.05) is 36.4 Å². The Morgan fingerprint density at radius 1 is 0.302 bits per heavy atom. The van der Waals surface area contributed by atoms with Gasteiger partial charge in [0.25, 0.3) is 0 Å². The van der Waals surface area contributed by atoms with Crippen LogP contribution in [0.4, 0.5) is 0 Å². The number of para-hydroxylation sites is 1. The molecule has 0 fully saturated rings. The van der Waals surface area contributed by atoms with Crippen molar-refractivity contribution in [3.8, 4) is 78.7 Å². The van der Waals surface area contributed by atoms with E-state index in [0.717, 1.165) is 60.9 Å². The van der Waals surface area contributed by atoms with Crippen molar-refractivity contribution in [2.75, 3.05) is 0 Å². The fourth-order valence-corrected chi connectivity index (χ4v) is 8.08. The summed E-state index contributed by atoms with van der Waals surface area (Å²) in [5.41, 5.74) is 13.9. The highest BCUT2D eigenvalue weighted by Gasteiger charge is 2.24. The van der Waals surface area contributed by atoms with E-state index in [2.05, 4.69) is 140 Å². The van der Waals surface area contributed by atoms with E-state index in [9.17, 15) is 0 Å². The van der Waals surface area contributed by atoms with Gasteiger partial charge in [0.05, 0.1) is 0 Å². The number of rotatable bonds is 5. The highest BCUT2D eigenvalue weighted by Crippen LogP contribution is 2.49. The molecule has 4 heteroatoms. The van der Waals surface area contributed by atoms with Gasteiger partial charge in [-0.1, -0.05) is 146 Å². The summed E-state index contributed by atoms with van der Waals surface area (Å²) in [6, 6.07) is 61.5. The fourth-order valence-electron chi connectivity index (χ4n) is 8.08. The molecular weight excluding hydrogens is 647 g/mol. The van der Waals surface area contributed by atoms with Gasteiger partial charge in [-0.25, -0.2) is 15.0 Å². The van der Waals surface area contributed by atoms with Gasteiger partial charge in [0.1, 0.15) is 11.2 Å². The third kappa shape index (κ3) is 4.73. The van der Waals surface area contributed by atoms with Crippen molar-refractivity contribution < 1.29 is 4.42 Å². The van der Waals surface area contributed by atoms with Crippen LogP contribution in [0.1, 0.15) is 0 Å². The maximum atomic E-state index is 6.30. The van der Waals surface area contributed by atoms with Crippen LogP contribution in [0.25, 0.3) is 111 Å². The van der Waals surface area contributed by atoms with E-state index in [-0.39, 0.29) is 0 Å². The van der Waals surface area contributed by atoms with Gasteiger partial charge in [0.2, 0.25) is 0 Å². The predicted octanol–water partition coefficient (Wildman–Crippen LogP) is 12.9. The molecule has 0 N–H and O–H groups in total. The first kappa shape index (κ1) is 29.5. The average Bonchev–Trinajstić information content (AvgIpc) is 3.78. The molecule has 0 bridgehead atoms. The Bertz CT molecular complexity index is 3070. The van der Waals surface area contributed by atoms with Crippen molar-refractivity contribution in [3.05, 3.63) is 176 Å². The lowest BCUT2D eigenvalue weighted by atomic mass is 9.93. The van der Waals surface area contributed by atoms with Gasteiger partial charge in [0.15, 0.2) is 17.5 Å². The molecule has 1 aliphatic rings. The molecule has 0 aliphatic heterocycles. The maximum Gasteiger partial charge on any atom is 0.164 e. The first-order valence-corrected chi connectivity index (χ1v) is 17.9. The lowest BCUT2D eigenvalue weighted by molar-refractivity contribution is 0.669. The van der Waals surface area contributed by atoms with Crippen LogP contribution in [0.15, 0.2) is 180 Å². The van der Waals surface area contributed by atoms with Crippen molar-refractivity contribution in [3.63, 3.8) is 0 Å². The number of benzene rings is 8. The summed E-state index contributed by atoms with van der Waals surface area (Å²) in [6.45, 7) is 0. The molecule has 4 nitrogen and oxygen atoms in total. The van der Waals surface area contributed by atoms with E-state index >= 15 is 0 Å². The standard InChI is InChI=1S/C49H29N3O/c1-2-13-30(14-3-1)31-15-10-17-33(27-31)47-50-48(52-49(51-47)41-24-12-26-44-46(41)40-22-8-9-25-43(40)53-44)39-21-7-4-18-35(39)34-28-32-16-11-23-38-36-19-5-6-20-37(36)42(29-34)45(32)38/h1-29H. The zero-order valence-corrected chi connectivity index (χ0v) is 28.5. The van der Waals surface area contributed by atoms with Crippen LogP contribution in [-0.2, 0) is 0 Å². The summed E-state index contributed by atoms with van der Waals surface area (Å²) in [6.07, 6.45) is 0. The Labute approximate surface area is 305 Å². The summed E-state index contributed by atoms with van der Waals surface area (Å²) in [7, 11) is 0. The van der Waals surface area contributed by atoms with Crippen molar-refractivity contribution in [2.45, 2.75) is 0 Å². The van der Waals surface area contributed by atoms with E-state index in [4.69, 9.17) is 19.4 Å². The molecule has 0 amide bonds. The lowest BCUT2D eigenvalue weighted by Gasteiger charge is -2.14. The summed E-state index contributed by atoms with van der Waals surface area (Å²) in [5, 5.41) is 4.54. The highest BCUT2D eigenvalue weighted by molar-refractivity contribution is 6.17. The predicted molar refractivity (Wildman–Crippen MR) is 216 cm³/mol. The molecular formula is C49H29N3O. The first-order valence-electron chi connectivity index (χ1n) is 17.9. The van der Waals surface area contributed by atoms with Gasteiger partial charge in [-0.2, -0.15) is 0 Å². The molecule has 2 heterocycles. The molecule has 0 saturated heterocycles. The van der Waals surface area contributed by atoms with E-state index in [0.29, 0.717) is 17.5 Å². The Kier molecular flexibility index (Phi) is 6.52. The Morgan fingerprint density at radius 3 is 1.75 bits per heavy atom. The van der Waals surface area contributed by atoms with Gasteiger partial charge in [-0.05, 0) is 85.6 Å². The zero-order chi connectivity index (χ0) is 34.9. The van der Waals surface area contributed by atoms with Crippen LogP contribution in [0.3, 0.4) is 0 Å². The van der Waals surface area contributed by atoms with Crippen LogP contribution in [-0.4, -0.2) is 15.0 Å². The summed E-state index contributed by atoms with van der Waals surface area (Å²) < 4.78 is 6.30. The molecule has 246 valence electrons. The minimum Gasteiger partial charge on any atom is -0.456 e. The largest absolute Gasteiger partial charge is 0.456 e. The number of hydrogen-bond acceptors (Lipinski definition) is 4. The van der Waals surface area contributed by atoms with Crippen molar-refractivity contribution in [1.82, 2.24) is 15.0 Å². The molecule has 1 aliphatic carbocycles. The van der Waals surface area contributed by atoms with Crippen LogP contribution < -0.4 is 0 Å². The molecule has 0 radical (unpaired) electrons. The van der Waals surface area contributed by atoms with Gasteiger partial charge in [0, 0.05) is 27.5 Å². The molecule has 11 rings (SSSR count). The van der Waals surface area contributed by atoms with Crippen LogP contribution in [0, 0.1) is 0 Å². The highest BCUT2D eigenvalue weighted by atomic mass is 16.3. The topological polar surface area (TPSA) is 51.8 Å². The third-order valence-electron chi connectivity index (χ3n) is 10.5. The second-order valence-electron chi connectivity index (χ2n) is 13.5. The van der Waals surface area contributed by atoms with Gasteiger partial charge in [-0.3, -0.25) is 0 Å². The van der Waals surface area contributed by atoms with E-state index in [1.54, 1.807) is 0 Å². The number of fused-ring (bicyclic) bond motifs is 6. The molecule has 8 aromatic carbocycles. The Hall–Kier alpha value is -7.17. The first-order chi connectivity index (χ1) is 26.3. The number of hydrogen-bond donors (Lipinski definition) is 0. The van der Waals surface area contributed by atoms with Gasteiger partial charge in [-0.15, -0.1) is 0 Å². The fraction of sp³-hybridized carbons (Fsp3) is 0. The molecule has 10 aromatic rings. The lowest BCUT2D eigenvalue weighted by Crippen LogP contribution is -2.01. The van der Waals surface area contributed by atoms with Crippen molar-refractivity contribution in [2.24, 2.45) is 0 Å². The Morgan fingerprint density at radius 2 is 0.887 bits per heavy atom. The minimum absolute atomic E-state index is 0.595. The number of furan rings is 1. The zero-order valence-electron chi connectivity index (χ0n) is 28.5. The smallest absolute Gasteiger partial charge is 0.164 e. The van der Waals surface area contributed by atoms with Crippen LogP contribution in [0.2, 0.25) is 0 Å². The minimum atomic E-state index is 0.595. The summed E-state index contributed by atoms with van der Waals surface area (Å²) in [4.78, 5) is 15.8. The summed E-state index contributed by atoms with van der Waals surface area (Å²) in [5.74, 6) is 1.82. The molecule has 2 aromatic heterocycles. The van der Waals surface area contributed by atoms with Crippen LogP contribution >= 0.6 is 0 Å². The SMILES string of the molecule is c1ccc(-c2cccc(-c3nc(-c4ccccc4-c4cc5c6c(cccc6c4)-c4ccccc4-5)nc(-c4cccc5oc6ccccc6c45)n3)c2)cc1. The third-order valence-corrected chi connectivity index (χ3v) is 10.5. The Balaban J connectivity index is 1.15. The van der Waals surface area contributed by atoms with E-state index in [1.165, 1.54) is 33.0 Å².